The molecule has 3 atom stereocenters. The molecule has 0 amide bonds. The smallest absolute Gasteiger partial charge is 0.160 e. The van der Waals surface area contributed by atoms with Gasteiger partial charge in [-0.15, -0.1) is 0 Å². The van der Waals surface area contributed by atoms with Crippen molar-refractivity contribution in [1.29, 1.82) is 0 Å². The molecule has 0 aromatic heterocycles. The number of phenolic OH excluding ortho intramolecular Hbond substituents is 1. The minimum Gasteiger partial charge on any atom is -0.504 e. The van der Waals surface area contributed by atoms with Crippen LogP contribution >= 0.6 is 0 Å². The van der Waals surface area contributed by atoms with E-state index in [9.17, 15) is 10.2 Å². The topological polar surface area (TPSA) is 52.9 Å². The quantitative estimate of drug-likeness (QED) is 0.901. The van der Waals surface area contributed by atoms with Crippen LogP contribution in [0.5, 0.6) is 11.5 Å². The van der Waals surface area contributed by atoms with E-state index in [4.69, 9.17) is 4.74 Å². The predicted octanol–water partition coefficient (Wildman–Crippen LogP) is 2.73. The van der Waals surface area contributed by atoms with Gasteiger partial charge in [-0.25, -0.2) is 0 Å². The van der Waals surface area contributed by atoms with E-state index in [0.29, 0.717) is 17.6 Å². The zero-order chi connectivity index (χ0) is 15.9. The van der Waals surface area contributed by atoms with Crippen molar-refractivity contribution in [2.75, 3.05) is 20.2 Å². The number of piperidine rings is 1. The summed E-state index contributed by atoms with van der Waals surface area (Å²) in [6.07, 6.45) is 2.56. The largest absolute Gasteiger partial charge is 0.504 e. The monoisotopic (exact) mass is 305 g/mol. The molecule has 0 spiro atoms. The van der Waals surface area contributed by atoms with Crippen LogP contribution in [0.3, 0.4) is 0 Å². The third kappa shape index (κ3) is 2.82. The second kappa shape index (κ2) is 6.09. The molecule has 2 aliphatic rings. The molecule has 0 aliphatic carbocycles. The van der Waals surface area contributed by atoms with Crippen molar-refractivity contribution in [3.05, 3.63) is 23.3 Å². The van der Waals surface area contributed by atoms with E-state index in [1.165, 1.54) is 5.56 Å². The average Bonchev–Trinajstić information content (AvgIpc) is 2.47. The first-order valence-corrected chi connectivity index (χ1v) is 8.31. The van der Waals surface area contributed by atoms with Gasteiger partial charge in [0.2, 0.25) is 0 Å². The maximum Gasteiger partial charge on any atom is 0.160 e. The first-order valence-electron chi connectivity index (χ1n) is 8.31. The number of aliphatic hydroxyl groups is 1. The summed E-state index contributed by atoms with van der Waals surface area (Å²) in [6.45, 7) is 6.41. The number of aromatic hydroxyl groups is 1. The Morgan fingerprint density at radius 2 is 2.14 bits per heavy atom. The molecule has 1 aromatic carbocycles. The van der Waals surface area contributed by atoms with Crippen molar-refractivity contribution < 1.29 is 14.9 Å². The molecule has 2 unspecified atom stereocenters. The van der Waals surface area contributed by atoms with Crippen molar-refractivity contribution in [1.82, 2.24) is 4.90 Å². The molecule has 2 N–H and O–H groups in total. The lowest BCUT2D eigenvalue weighted by Crippen LogP contribution is -2.48. The highest BCUT2D eigenvalue weighted by Crippen LogP contribution is 2.43. The molecule has 1 fully saturated rings. The van der Waals surface area contributed by atoms with E-state index in [0.717, 1.165) is 37.9 Å². The molecule has 0 radical (unpaired) electrons. The van der Waals surface area contributed by atoms with Crippen molar-refractivity contribution in [2.24, 2.45) is 11.8 Å². The summed E-state index contributed by atoms with van der Waals surface area (Å²) in [5.41, 5.74) is 2.40. The molecule has 0 bridgehead atoms. The van der Waals surface area contributed by atoms with E-state index in [-0.39, 0.29) is 17.9 Å². The fraction of sp³-hybridized carbons (Fsp3) is 0.667. The van der Waals surface area contributed by atoms with Gasteiger partial charge in [-0.2, -0.15) is 0 Å². The van der Waals surface area contributed by atoms with E-state index in [2.05, 4.69) is 18.7 Å². The highest BCUT2D eigenvalue weighted by atomic mass is 16.5. The zero-order valence-electron chi connectivity index (χ0n) is 13.7. The molecule has 3 rings (SSSR count). The number of nitrogens with zero attached hydrogens (tertiary/aromatic N) is 1. The number of benzene rings is 1. The summed E-state index contributed by atoms with van der Waals surface area (Å²) in [6, 6.07) is 4.01. The number of hydrogen-bond donors (Lipinski definition) is 2. The second-order valence-electron chi connectivity index (χ2n) is 7.18. The molecular weight excluding hydrogens is 278 g/mol. The van der Waals surface area contributed by atoms with Crippen molar-refractivity contribution >= 4 is 0 Å². The summed E-state index contributed by atoms with van der Waals surface area (Å²) in [4.78, 5) is 2.48. The standard InChI is InChI=1S/C18H27NO3/c1-11(2)6-13-10-19-5-4-12-7-18(22-3)17(21)8-14(12)15(19)9-16(13)20/h7-8,11,13,15-16,20-21H,4-6,9-10H2,1-3H3/t13?,15?,16-/m1/s1. The molecule has 2 aliphatic heterocycles. The fourth-order valence-corrected chi connectivity index (χ4v) is 4.11. The third-order valence-electron chi connectivity index (χ3n) is 5.16. The van der Waals surface area contributed by atoms with Crippen molar-refractivity contribution in [2.45, 2.75) is 45.3 Å². The summed E-state index contributed by atoms with van der Waals surface area (Å²) in [5.74, 6) is 1.72. The van der Waals surface area contributed by atoms with Crippen LogP contribution < -0.4 is 4.74 Å². The molecule has 2 heterocycles. The van der Waals surface area contributed by atoms with Gasteiger partial charge in [0.15, 0.2) is 11.5 Å². The highest BCUT2D eigenvalue weighted by Gasteiger charge is 2.38. The van der Waals surface area contributed by atoms with Crippen LogP contribution in [0.15, 0.2) is 12.1 Å². The van der Waals surface area contributed by atoms with Crippen LogP contribution in [0, 0.1) is 11.8 Å². The molecule has 1 aromatic rings. The van der Waals surface area contributed by atoms with Crippen LogP contribution in [0.1, 0.15) is 43.9 Å². The number of phenols is 1. The normalized spacial score (nSPS) is 28.3. The number of ether oxygens (including phenoxy) is 1. The number of rotatable bonds is 3. The minimum atomic E-state index is -0.251. The Morgan fingerprint density at radius 1 is 1.36 bits per heavy atom. The van der Waals surface area contributed by atoms with Crippen LogP contribution in [-0.2, 0) is 6.42 Å². The van der Waals surface area contributed by atoms with Crippen LogP contribution in [-0.4, -0.2) is 41.4 Å². The first kappa shape index (κ1) is 15.6. The third-order valence-corrected chi connectivity index (χ3v) is 5.16. The Morgan fingerprint density at radius 3 is 2.82 bits per heavy atom. The highest BCUT2D eigenvalue weighted by molar-refractivity contribution is 5.48. The Kier molecular flexibility index (Phi) is 4.33. The summed E-state index contributed by atoms with van der Waals surface area (Å²) >= 11 is 0. The second-order valence-corrected chi connectivity index (χ2v) is 7.18. The van der Waals surface area contributed by atoms with Crippen LogP contribution in [0.25, 0.3) is 0 Å². The number of aliphatic hydroxyl groups excluding tert-OH is 1. The van der Waals surface area contributed by atoms with Gasteiger partial charge in [-0.05, 0) is 54.4 Å². The SMILES string of the molecule is COc1cc2c(cc1O)C1C[C@@H](O)C(CC(C)C)CN1CC2. The molecule has 0 saturated carbocycles. The molecule has 4 nitrogen and oxygen atoms in total. The summed E-state index contributed by atoms with van der Waals surface area (Å²) in [7, 11) is 1.58. The Hall–Kier alpha value is -1.26. The number of fused-ring (bicyclic) bond motifs is 3. The zero-order valence-corrected chi connectivity index (χ0v) is 13.7. The summed E-state index contributed by atoms with van der Waals surface area (Å²) in [5, 5.41) is 20.6. The number of hydrogen-bond acceptors (Lipinski definition) is 4. The van der Waals surface area contributed by atoms with Crippen molar-refractivity contribution in [3.8, 4) is 11.5 Å². The van der Waals surface area contributed by atoms with E-state index >= 15 is 0 Å². The lowest BCUT2D eigenvalue weighted by atomic mass is 9.79. The summed E-state index contributed by atoms with van der Waals surface area (Å²) < 4.78 is 5.22. The Balaban J connectivity index is 1.85. The average molecular weight is 305 g/mol. The van der Waals surface area contributed by atoms with Gasteiger partial charge in [0.25, 0.3) is 0 Å². The maximum atomic E-state index is 10.5. The molecule has 1 saturated heterocycles. The van der Waals surface area contributed by atoms with Gasteiger partial charge in [0.05, 0.1) is 13.2 Å². The van der Waals surface area contributed by atoms with E-state index in [1.807, 2.05) is 12.1 Å². The molecular formula is C18H27NO3. The lowest BCUT2D eigenvalue weighted by molar-refractivity contribution is -0.0191. The Labute approximate surface area is 132 Å². The number of methoxy groups -OCH3 is 1. The van der Waals surface area contributed by atoms with Gasteiger partial charge in [-0.3, -0.25) is 4.90 Å². The van der Waals surface area contributed by atoms with Crippen LogP contribution in [0.2, 0.25) is 0 Å². The van der Waals surface area contributed by atoms with Gasteiger partial charge >= 0.3 is 0 Å². The van der Waals surface area contributed by atoms with E-state index < -0.39 is 0 Å². The van der Waals surface area contributed by atoms with Crippen LogP contribution in [0.4, 0.5) is 0 Å². The van der Waals surface area contributed by atoms with E-state index in [1.54, 1.807) is 7.11 Å². The fourth-order valence-electron chi connectivity index (χ4n) is 4.11. The van der Waals surface area contributed by atoms with Gasteiger partial charge < -0.3 is 14.9 Å². The maximum absolute atomic E-state index is 10.5. The van der Waals surface area contributed by atoms with Gasteiger partial charge in [0.1, 0.15) is 0 Å². The Bertz CT molecular complexity index is 543. The van der Waals surface area contributed by atoms with Gasteiger partial charge in [0, 0.05) is 19.1 Å². The van der Waals surface area contributed by atoms with Gasteiger partial charge in [-0.1, -0.05) is 13.8 Å². The lowest BCUT2D eigenvalue weighted by Gasteiger charge is -2.46. The molecule has 122 valence electrons. The minimum absolute atomic E-state index is 0.196. The van der Waals surface area contributed by atoms with Crippen molar-refractivity contribution in [3.63, 3.8) is 0 Å². The molecule has 4 heteroatoms. The first-order chi connectivity index (χ1) is 10.5. The molecule has 22 heavy (non-hydrogen) atoms. The predicted molar refractivity (Wildman–Crippen MR) is 86.2 cm³/mol.